The summed E-state index contributed by atoms with van der Waals surface area (Å²) in [6, 6.07) is 14.0. The van der Waals surface area contributed by atoms with Crippen LogP contribution in [0.1, 0.15) is 0 Å². The van der Waals surface area contributed by atoms with Gasteiger partial charge in [-0.2, -0.15) is 0 Å². The zero-order chi connectivity index (χ0) is 14.7. The molecule has 0 saturated carbocycles. The van der Waals surface area contributed by atoms with Crippen LogP contribution in [0.4, 0.5) is 0 Å². The fraction of sp³-hybridized carbons (Fsp3) is 0.333. The monoisotopic (exact) mass is 480 g/mol. The Balaban J connectivity index is 2.26. The van der Waals surface area contributed by atoms with Crippen LogP contribution < -0.4 is 7.16 Å². The van der Waals surface area contributed by atoms with Crippen LogP contribution >= 0.6 is 0 Å². The molecule has 0 amide bonds. The van der Waals surface area contributed by atoms with E-state index >= 15 is 0 Å². The van der Waals surface area contributed by atoms with Crippen molar-refractivity contribution in [1.82, 2.24) is 0 Å². The van der Waals surface area contributed by atoms with Gasteiger partial charge in [0.25, 0.3) is 0 Å². The molecule has 2 aromatic carbocycles. The third-order valence-electron chi connectivity index (χ3n) is 4.28. The Morgan fingerprint density at radius 3 is 1.20 bits per heavy atom. The molecule has 104 valence electrons. The van der Waals surface area contributed by atoms with E-state index in [2.05, 4.69) is 66.0 Å². The molecule has 0 radical (unpaired) electrons. The molecule has 0 N–H and O–H groups in total. The van der Waals surface area contributed by atoms with Gasteiger partial charge in [0.1, 0.15) is 0 Å². The van der Waals surface area contributed by atoms with Crippen molar-refractivity contribution in [3.63, 3.8) is 0 Å². The summed E-state index contributed by atoms with van der Waals surface area (Å²) >= 11 is -4.10. The van der Waals surface area contributed by atoms with E-state index in [1.54, 1.807) is 7.16 Å². The Hall–Kier alpha value is 0.0374. The first-order valence-electron chi connectivity index (χ1n) is 7.48. The molecule has 0 heterocycles. The van der Waals surface area contributed by atoms with Gasteiger partial charge in [0.2, 0.25) is 0 Å². The van der Waals surface area contributed by atoms with Crippen molar-refractivity contribution < 1.29 is 0 Å². The van der Waals surface area contributed by atoms with Crippen LogP contribution in [0.15, 0.2) is 36.4 Å². The van der Waals surface area contributed by atoms with Crippen molar-refractivity contribution >= 4 is 43.9 Å². The molecule has 2 aromatic rings. The molecule has 2 heteroatoms. The average Bonchev–Trinajstić information content (AvgIpc) is 2.32. The van der Waals surface area contributed by atoms with Gasteiger partial charge in [-0.1, -0.05) is 0 Å². The first-order chi connectivity index (χ1) is 9.19. The second-order valence-corrected chi connectivity index (χ2v) is 36.8. The van der Waals surface area contributed by atoms with Crippen LogP contribution in [0, 0.1) is 0 Å². The number of hydrogen-bond donors (Lipinski definition) is 0. The van der Waals surface area contributed by atoms with Crippen molar-refractivity contribution in [2.24, 2.45) is 0 Å². The van der Waals surface area contributed by atoms with Gasteiger partial charge in [0.15, 0.2) is 0 Å². The normalized spacial score (nSPS) is 13.5. The van der Waals surface area contributed by atoms with Crippen LogP contribution in [0.25, 0.3) is 22.3 Å². The van der Waals surface area contributed by atoms with Crippen LogP contribution in [0.3, 0.4) is 0 Å². The summed E-state index contributed by atoms with van der Waals surface area (Å²) in [6.45, 7) is 0. The summed E-state index contributed by atoms with van der Waals surface area (Å²) in [6.07, 6.45) is 0. The number of benzene rings is 2. The SMILES string of the molecule is [CH3][Sn]([CH3])([CH3])[c]1cc2c(c[c]1[Sn]([CH3])([CH3])[CH3])-c1ccccc1-2. The summed E-state index contributed by atoms with van der Waals surface area (Å²) in [5, 5.41) is 0. The summed E-state index contributed by atoms with van der Waals surface area (Å²) < 4.78 is 3.58. The molecule has 0 atom stereocenters. The van der Waals surface area contributed by atoms with E-state index in [4.69, 9.17) is 0 Å². The Morgan fingerprint density at radius 1 is 0.550 bits per heavy atom. The molecule has 0 unspecified atom stereocenters. The zero-order valence-electron chi connectivity index (χ0n) is 13.5. The van der Waals surface area contributed by atoms with E-state index in [1.165, 1.54) is 22.3 Å². The van der Waals surface area contributed by atoms with Crippen LogP contribution in [0.2, 0.25) is 29.6 Å². The summed E-state index contributed by atoms with van der Waals surface area (Å²) in [5.74, 6) is 0. The Morgan fingerprint density at radius 2 is 0.900 bits per heavy atom. The van der Waals surface area contributed by atoms with Gasteiger partial charge in [-0.15, -0.1) is 0 Å². The molecule has 0 saturated heterocycles. The van der Waals surface area contributed by atoms with E-state index in [9.17, 15) is 0 Å². The standard InChI is InChI=1S/C12H6.6CH3.2Sn/c1-2-6-10-9(5-1)11-7-3-4-8-12(10)11;;;;;;;;/h1-2,5-8H;6*1H3;;. The molecule has 3 rings (SSSR count). The molecule has 0 aliphatic heterocycles. The minimum absolute atomic E-state index is 1.47. The molecular weight excluding hydrogens is 454 g/mol. The maximum absolute atomic E-state index is 2.57. The van der Waals surface area contributed by atoms with Crippen molar-refractivity contribution in [3.05, 3.63) is 36.4 Å². The number of hydrogen-bond acceptors (Lipinski definition) is 0. The predicted octanol–water partition coefficient (Wildman–Crippen LogP) is 4.42. The van der Waals surface area contributed by atoms with Crippen molar-refractivity contribution in [2.45, 2.75) is 29.6 Å². The Kier molecular flexibility index (Phi) is 3.57. The van der Waals surface area contributed by atoms with Gasteiger partial charge in [-0.3, -0.25) is 0 Å². The first kappa shape index (κ1) is 15.0. The van der Waals surface area contributed by atoms with E-state index in [-0.39, 0.29) is 0 Å². The topological polar surface area (TPSA) is 0 Å². The van der Waals surface area contributed by atoms with Crippen molar-refractivity contribution in [2.75, 3.05) is 0 Å². The molecule has 1 aliphatic rings. The van der Waals surface area contributed by atoms with Crippen LogP contribution in [-0.2, 0) is 0 Å². The fourth-order valence-electron chi connectivity index (χ4n) is 3.18. The molecule has 0 spiro atoms. The fourth-order valence-corrected chi connectivity index (χ4v) is 25.9. The van der Waals surface area contributed by atoms with Crippen LogP contribution in [-0.4, -0.2) is 36.8 Å². The van der Waals surface area contributed by atoms with Gasteiger partial charge in [-0.05, 0) is 0 Å². The molecule has 0 bridgehead atoms. The van der Waals surface area contributed by atoms with Crippen molar-refractivity contribution in [3.8, 4) is 22.3 Å². The second kappa shape index (κ2) is 4.77. The Labute approximate surface area is 131 Å². The molecule has 0 fully saturated rings. The van der Waals surface area contributed by atoms with E-state index < -0.39 is 36.8 Å². The number of fused-ring (bicyclic) bond motifs is 4. The van der Waals surface area contributed by atoms with Crippen LogP contribution in [0.5, 0.6) is 0 Å². The third-order valence-corrected chi connectivity index (χ3v) is 17.9. The molecular formula is C18H24Sn2. The van der Waals surface area contributed by atoms with E-state index in [1.807, 2.05) is 0 Å². The minimum atomic E-state index is -2.05. The maximum atomic E-state index is 2.57. The van der Waals surface area contributed by atoms with Gasteiger partial charge >= 0.3 is 132 Å². The second-order valence-electron chi connectivity index (χ2n) is 7.99. The Bertz CT molecular complexity index is 626. The molecule has 20 heavy (non-hydrogen) atoms. The summed E-state index contributed by atoms with van der Waals surface area (Å²) in [5.41, 5.74) is 5.97. The van der Waals surface area contributed by atoms with Gasteiger partial charge in [0.05, 0.1) is 0 Å². The molecule has 1 aliphatic carbocycles. The third kappa shape index (κ3) is 2.37. The van der Waals surface area contributed by atoms with Gasteiger partial charge in [0, 0.05) is 0 Å². The summed E-state index contributed by atoms with van der Waals surface area (Å²) in [7, 11) is 0. The van der Waals surface area contributed by atoms with Gasteiger partial charge < -0.3 is 0 Å². The number of rotatable bonds is 2. The zero-order valence-corrected chi connectivity index (χ0v) is 19.2. The van der Waals surface area contributed by atoms with Gasteiger partial charge in [-0.25, -0.2) is 0 Å². The predicted molar refractivity (Wildman–Crippen MR) is 96.8 cm³/mol. The molecule has 0 nitrogen and oxygen atoms in total. The van der Waals surface area contributed by atoms with E-state index in [0.29, 0.717) is 0 Å². The van der Waals surface area contributed by atoms with E-state index in [0.717, 1.165) is 0 Å². The first-order valence-corrected chi connectivity index (χ1v) is 27.5. The average molecular weight is 478 g/mol. The molecule has 0 aromatic heterocycles. The summed E-state index contributed by atoms with van der Waals surface area (Å²) in [4.78, 5) is 15.3. The quantitative estimate of drug-likeness (QED) is 0.479. The van der Waals surface area contributed by atoms with Crippen molar-refractivity contribution in [1.29, 1.82) is 0 Å².